The molecule has 0 amide bonds. The number of rotatable bonds is 2. The van der Waals surface area contributed by atoms with Crippen LogP contribution in [0.4, 0.5) is 0 Å². The third-order valence-corrected chi connectivity index (χ3v) is 1.73. The van der Waals surface area contributed by atoms with Crippen LogP contribution in [0.5, 0.6) is 0 Å². The second-order valence-corrected chi connectivity index (χ2v) is 2.79. The van der Waals surface area contributed by atoms with Crippen LogP contribution < -0.4 is 0 Å². The van der Waals surface area contributed by atoms with E-state index < -0.39 is 24.4 Å². The average Bonchev–Trinajstić information content (AvgIpc) is 1.30. The van der Waals surface area contributed by atoms with E-state index >= 15 is 0 Å². The van der Waals surface area contributed by atoms with Gasteiger partial charge in [-0.3, -0.25) is 0 Å². The molecule has 0 bridgehead atoms. The molecule has 0 rings (SSSR count). The predicted molar refractivity (Wildman–Crippen MR) is 24.6 cm³/mol. The van der Waals surface area contributed by atoms with Gasteiger partial charge in [-0.25, -0.2) is 0 Å². The van der Waals surface area contributed by atoms with Gasteiger partial charge in [0.25, 0.3) is 0 Å². The van der Waals surface area contributed by atoms with Crippen molar-refractivity contribution >= 4 is 59.2 Å². The summed E-state index contributed by atoms with van der Waals surface area (Å²) in [5.74, 6) is 0. The van der Waals surface area contributed by atoms with E-state index in [2.05, 4.69) is 3.45 Å². The van der Waals surface area contributed by atoms with E-state index in [9.17, 15) is 8.24 Å². The average molecular weight is 222 g/mol. The molecule has 0 aliphatic rings. The molecule has 9 heavy (non-hydrogen) atoms. The number of phosphoric acid groups is 1. The second kappa shape index (κ2) is 8.19. The third-order valence-electron chi connectivity index (χ3n) is 0.140. The molecule has 0 radical (unpaired) electrons. The summed E-state index contributed by atoms with van der Waals surface area (Å²) in [5, 5.41) is 0. The van der Waals surface area contributed by atoms with Gasteiger partial charge in [0.2, 0.25) is 0 Å². The summed E-state index contributed by atoms with van der Waals surface area (Å²) >= 11 is -1.88. The Morgan fingerprint density at radius 3 is 1.78 bits per heavy atom. The monoisotopic (exact) mass is 222 g/mol. The summed E-state index contributed by atoms with van der Waals surface area (Å²) in [6.45, 7) is 0. The van der Waals surface area contributed by atoms with Crippen molar-refractivity contribution in [3.05, 3.63) is 0 Å². The van der Waals surface area contributed by atoms with E-state index in [-0.39, 0.29) is 56.9 Å². The second-order valence-electron chi connectivity index (χ2n) is 0.647. The topological polar surface area (TPSA) is 115 Å². The molecule has 0 aliphatic heterocycles. The van der Waals surface area contributed by atoms with Crippen LogP contribution in [-0.2, 0) is 28.3 Å². The molecular weight excluding hydrogens is 217 g/mol. The van der Waals surface area contributed by atoms with Crippen LogP contribution in [0.1, 0.15) is 0 Å². The zero-order valence-electron chi connectivity index (χ0n) is 3.51. The van der Waals surface area contributed by atoms with Crippen LogP contribution in [0.25, 0.3) is 0 Å². The summed E-state index contributed by atoms with van der Waals surface area (Å²) in [7, 11) is -4.44. The van der Waals surface area contributed by atoms with Gasteiger partial charge in [-0.2, -0.15) is 0 Å². The van der Waals surface area contributed by atoms with Gasteiger partial charge in [0, 0.05) is 0 Å². The van der Waals surface area contributed by atoms with Gasteiger partial charge < -0.3 is 5.48 Å². The van der Waals surface area contributed by atoms with Crippen molar-refractivity contribution in [1.82, 2.24) is 0 Å². The molecular formula is H5KO6PV. The molecule has 0 aromatic heterocycles. The fraction of sp³-hybridized carbons (Fsp3) is 0. The van der Waals surface area contributed by atoms with Crippen molar-refractivity contribution in [3.63, 3.8) is 0 Å². The van der Waals surface area contributed by atoms with Gasteiger partial charge >= 0.3 is 97.3 Å². The van der Waals surface area contributed by atoms with Crippen LogP contribution in [0.3, 0.4) is 0 Å². The van der Waals surface area contributed by atoms with Crippen molar-refractivity contribution < 1.29 is 43.5 Å². The molecule has 0 atom stereocenters. The van der Waals surface area contributed by atoms with Crippen LogP contribution in [0, 0.1) is 0 Å². The van der Waals surface area contributed by atoms with Gasteiger partial charge in [-0.15, -0.1) is 0 Å². The van der Waals surface area contributed by atoms with Gasteiger partial charge in [-0.05, 0) is 0 Å². The standard InChI is InChI=1S/K.H3O4P.H2O.O.V.H/c;1-5(2,3)4;;;;/h;(H3,1,2,3,4);1H2;;;/q;;;;+1;/p-1. The zero-order chi connectivity index (χ0) is 5.91. The van der Waals surface area contributed by atoms with Crippen molar-refractivity contribution in [2.75, 3.05) is 0 Å². The van der Waals surface area contributed by atoms with E-state index in [4.69, 9.17) is 9.79 Å². The Morgan fingerprint density at radius 2 is 1.78 bits per heavy atom. The quantitative estimate of drug-likeness (QED) is 0.412. The molecule has 0 spiro atoms. The third kappa shape index (κ3) is 17.8. The van der Waals surface area contributed by atoms with Gasteiger partial charge in [0.15, 0.2) is 0 Å². The minimum absolute atomic E-state index is 0. The summed E-state index contributed by atoms with van der Waals surface area (Å²) < 4.78 is 22.3. The summed E-state index contributed by atoms with van der Waals surface area (Å²) in [5.41, 5.74) is 0. The fourth-order valence-corrected chi connectivity index (χ4v) is 0.537. The Balaban J connectivity index is -0.000000180. The van der Waals surface area contributed by atoms with Crippen molar-refractivity contribution in [2.45, 2.75) is 0 Å². The molecule has 0 aromatic carbocycles. The van der Waals surface area contributed by atoms with Crippen molar-refractivity contribution in [1.29, 1.82) is 0 Å². The van der Waals surface area contributed by atoms with Crippen LogP contribution in [0.2, 0.25) is 0 Å². The Kier molecular flexibility index (Phi) is 15.7. The molecule has 0 fully saturated rings. The zero-order valence-corrected chi connectivity index (χ0v) is 5.80. The van der Waals surface area contributed by atoms with Crippen molar-refractivity contribution in [3.8, 4) is 0 Å². The summed E-state index contributed by atoms with van der Waals surface area (Å²) in [4.78, 5) is 15.5. The fourth-order valence-electron chi connectivity index (χ4n) is 0.0434. The molecule has 0 unspecified atom stereocenters. The first-order valence-corrected chi connectivity index (χ1v) is 3.80. The molecule has 0 saturated heterocycles. The maximum atomic E-state index is 9.53. The number of hydrogen-bond donors (Lipinski definition) is 2. The molecule has 0 aromatic rings. The number of hydrogen-bond acceptors (Lipinski definition) is 3. The molecule has 0 saturated carbocycles. The summed E-state index contributed by atoms with van der Waals surface area (Å²) in [6, 6.07) is 0. The van der Waals surface area contributed by atoms with E-state index in [0.29, 0.717) is 0 Å². The van der Waals surface area contributed by atoms with E-state index in [1.54, 1.807) is 0 Å². The van der Waals surface area contributed by atoms with E-state index in [1.165, 1.54) is 0 Å². The normalized spacial score (nSPS) is 8.67. The van der Waals surface area contributed by atoms with Gasteiger partial charge in [0.05, 0.1) is 0 Å². The Morgan fingerprint density at radius 1 is 1.44 bits per heavy atom. The minimum atomic E-state index is -4.44. The SMILES string of the molecule is O.[KH].[O]=[V][O]P(=O)(O)O. The maximum absolute atomic E-state index is 9.53. The molecule has 0 heterocycles. The van der Waals surface area contributed by atoms with Gasteiger partial charge in [0.1, 0.15) is 0 Å². The van der Waals surface area contributed by atoms with Crippen LogP contribution in [0.15, 0.2) is 0 Å². The van der Waals surface area contributed by atoms with Crippen LogP contribution in [-0.4, -0.2) is 66.6 Å². The molecule has 9 heteroatoms. The first kappa shape index (κ1) is 17.3. The predicted octanol–water partition coefficient (Wildman–Crippen LogP) is -2.03. The Labute approximate surface area is 101 Å². The molecule has 6 nitrogen and oxygen atoms in total. The molecule has 52 valence electrons. The molecule has 4 N–H and O–H groups in total. The van der Waals surface area contributed by atoms with Gasteiger partial charge in [-0.1, -0.05) is 0 Å². The Hall–Kier alpha value is 2.09. The first-order chi connectivity index (χ1) is 3.06. The van der Waals surface area contributed by atoms with Crippen molar-refractivity contribution in [2.24, 2.45) is 0 Å². The molecule has 0 aliphatic carbocycles. The summed E-state index contributed by atoms with van der Waals surface area (Å²) in [6.07, 6.45) is 0. The Bertz CT molecular complexity index is 106. The van der Waals surface area contributed by atoms with Crippen LogP contribution >= 0.6 is 7.82 Å². The van der Waals surface area contributed by atoms with E-state index in [0.717, 1.165) is 0 Å². The van der Waals surface area contributed by atoms with E-state index in [1.807, 2.05) is 0 Å². The first-order valence-electron chi connectivity index (χ1n) is 1.13.